The maximum atomic E-state index is 12.7. The SMILES string of the molecule is CC(=O)c1c(C)[nH]c(-c2nc3ccc(N4CCN(C)CC4)cc3[nH]2)c1-c1ccc2[nH]ccc2c1. The Morgan fingerprint density at radius 1 is 0.971 bits per heavy atom. The Morgan fingerprint density at radius 3 is 2.59 bits per heavy atom. The van der Waals surface area contributed by atoms with Gasteiger partial charge in [-0.2, -0.15) is 0 Å². The number of rotatable bonds is 4. The van der Waals surface area contributed by atoms with Crippen molar-refractivity contribution in [1.29, 1.82) is 0 Å². The second kappa shape index (κ2) is 7.88. The van der Waals surface area contributed by atoms with Crippen molar-refractivity contribution in [1.82, 2.24) is 24.8 Å². The van der Waals surface area contributed by atoms with Crippen molar-refractivity contribution in [3.8, 4) is 22.6 Å². The van der Waals surface area contributed by atoms with Gasteiger partial charge in [-0.15, -0.1) is 0 Å². The molecule has 7 heteroatoms. The van der Waals surface area contributed by atoms with Crippen molar-refractivity contribution < 1.29 is 4.79 Å². The van der Waals surface area contributed by atoms with E-state index < -0.39 is 0 Å². The predicted molar refractivity (Wildman–Crippen MR) is 138 cm³/mol. The normalized spacial score (nSPS) is 15.0. The fraction of sp³-hybridized carbons (Fsp3) is 0.259. The number of piperazine rings is 1. The number of Topliss-reactive ketones (excluding diaryl/α,β-unsaturated/α-hetero) is 1. The Labute approximate surface area is 197 Å². The Balaban J connectivity index is 1.47. The lowest BCUT2D eigenvalue weighted by Crippen LogP contribution is -2.44. The summed E-state index contributed by atoms with van der Waals surface area (Å²) in [6.07, 6.45) is 1.93. The molecule has 1 saturated heterocycles. The van der Waals surface area contributed by atoms with E-state index in [1.165, 1.54) is 5.69 Å². The lowest BCUT2D eigenvalue weighted by molar-refractivity contribution is 0.101. The Morgan fingerprint density at radius 2 is 1.79 bits per heavy atom. The summed E-state index contributed by atoms with van der Waals surface area (Å²) < 4.78 is 0. The van der Waals surface area contributed by atoms with Gasteiger partial charge in [0.15, 0.2) is 11.6 Å². The molecule has 1 aliphatic heterocycles. The molecule has 2 aromatic carbocycles. The van der Waals surface area contributed by atoms with Crippen LogP contribution in [0.3, 0.4) is 0 Å². The molecule has 1 fully saturated rings. The zero-order valence-electron chi connectivity index (χ0n) is 19.7. The Bertz CT molecular complexity index is 1530. The largest absolute Gasteiger partial charge is 0.369 e. The number of carbonyl (C=O) groups is 1. The number of anilines is 1. The van der Waals surface area contributed by atoms with Gasteiger partial charge in [0.1, 0.15) is 0 Å². The van der Waals surface area contributed by atoms with Crippen LogP contribution < -0.4 is 4.90 Å². The van der Waals surface area contributed by atoms with E-state index >= 15 is 0 Å². The second-order valence-electron chi connectivity index (χ2n) is 9.29. The van der Waals surface area contributed by atoms with E-state index in [1.54, 1.807) is 6.92 Å². The third-order valence-corrected chi connectivity index (χ3v) is 6.95. The van der Waals surface area contributed by atoms with E-state index in [-0.39, 0.29) is 5.78 Å². The zero-order chi connectivity index (χ0) is 23.4. The molecule has 6 rings (SSSR count). The summed E-state index contributed by atoms with van der Waals surface area (Å²) in [6, 6.07) is 14.7. The summed E-state index contributed by atoms with van der Waals surface area (Å²) in [4.78, 5) is 32.6. The van der Waals surface area contributed by atoms with Crippen molar-refractivity contribution in [3.63, 3.8) is 0 Å². The van der Waals surface area contributed by atoms with E-state index in [0.29, 0.717) is 5.56 Å². The van der Waals surface area contributed by atoms with E-state index in [9.17, 15) is 4.79 Å². The van der Waals surface area contributed by atoms with Gasteiger partial charge in [0, 0.05) is 60.4 Å². The summed E-state index contributed by atoms with van der Waals surface area (Å²) in [5, 5.41) is 1.11. The molecule has 7 nitrogen and oxygen atoms in total. The molecule has 0 radical (unpaired) electrons. The van der Waals surface area contributed by atoms with Crippen LogP contribution in [0.4, 0.5) is 5.69 Å². The third-order valence-electron chi connectivity index (χ3n) is 6.95. The van der Waals surface area contributed by atoms with Gasteiger partial charge in [0.05, 0.1) is 16.7 Å². The van der Waals surface area contributed by atoms with E-state index in [4.69, 9.17) is 4.98 Å². The molecule has 0 saturated carbocycles. The highest BCUT2D eigenvalue weighted by molar-refractivity contribution is 6.06. The molecule has 0 aliphatic carbocycles. The maximum Gasteiger partial charge on any atom is 0.162 e. The van der Waals surface area contributed by atoms with Crippen molar-refractivity contribution >= 4 is 33.4 Å². The molecule has 0 spiro atoms. The topological polar surface area (TPSA) is 83.8 Å². The second-order valence-corrected chi connectivity index (χ2v) is 9.29. The number of benzene rings is 2. The van der Waals surface area contributed by atoms with Crippen LogP contribution in [0.2, 0.25) is 0 Å². The number of carbonyl (C=O) groups excluding carboxylic acids is 1. The number of aromatic nitrogens is 4. The minimum absolute atomic E-state index is 0.0395. The van der Waals surface area contributed by atoms with E-state index in [0.717, 1.165) is 76.5 Å². The monoisotopic (exact) mass is 452 g/mol. The predicted octanol–water partition coefficient (Wildman–Crippen LogP) is 4.97. The van der Waals surface area contributed by atoms with Crippen LogP contribution in [0, 0.1) is 6.92 Å². The van der Waals surface area contributed by atoms with Gasteiger partial charge >= 0.3 is 0 Å². The number of H-pyrrole nitrogens is 3. The molecule has 172 valence electrons. The minimum Gasteiger partial charge on any atom is -0.369 e. The first-order chi connectivity index (χ1) is 16.5. The fourth-order valence-corrected chi connectivity index (χ4v) is 5.12. The molecular formula is C27H28N6O. The summed E-state index contributed by atoms with van der Waals surface area (Å²) >= 11 is 0. The van der Waals surface area contributed by atoms with Gasteiger partial charge in [0.25, 0.3) is 0 Å². The Hall–Kier alpha value is -3.84. The summed E-state index contributed by atoms with van der Waals surface area (Å²) in [6.45, 7) is 7.75. The summed E-state index contributed by atoms with van der Waals surface area (Å²) in [7, 11) is 2.17. The molecule has 34 heavy (non-hydrogen) atoms. The molecule has 3 aromatic heterocycles. The number of imidazole rings is 1. The fourth-order valence-electron chi connectivity index (χ4n) is 5.12. The lowest BCUT2D eigenvalue weighted by Gasteiger charge is -2.34. The molecule has 5 aromatic rings. The molecule has 0 atom stereocenters. The quantitative estimate of drug-likeness (QED) is 0.336. The van der Waals surface area contributed by atoms with Crippen molar-refractivity contribution in [2.24, 2.45) is 0 Å². The standard InChI is InChI=1S/C27H28N6O/c1-16-24(17(2)34)25(19-4-6-21-18(14-19)8-9-28-21)26(29-16)27-30-22-7-5-20(15-23(22)31-27)33-12-10-32(3)11-13-33/h4-9,14-15,28-29H,10-13H2,1-3H3,(H,30,31). The van der Waals surface area contributed by atoms with Crippen LogP contribution >= 0.6 is 0 Å². The highest BCUT2D eigenvalue weighted by Crippen LogP contribution is 2.38. The number of aryl methyl sites for hydroxylation is 1. The summed E-state index contributed by atoms with van der Waals surface area (Å²) in [5.74, 6) is 0.780. The number of likely N-dealkylation sites (N-methyl/N-ethyl adjacent to an activating group) is 1. The van der Waals surface area contributed by atoms with Crippen molar-refractivity contribution in [2.75, 3.05) is 38.1 Å². The van der Waals surface area contributed by atoms with Crippen LogP contribution in [0.1, 0.15) is 23.0 Å². The van der Waals surface area contributed by atoms with Gasteiger partial charge in [-0.1, -0.05) is 6.07 Å². The van der Waals surface area contributed by atoms with Crippen LogP contribution in [0.15, 0.2) is 48.7 Å². The van der Waals surface area contributed by atoms with Crippen LogP contribution in [-0.4, -0.2) is 63.8 Å². The molecular weight excluding hydrogens is 424 g/mol. The number of hydrogen-bond acceptors (Lipinski definition) is 4. The average Bonchev–Trinajstić information content (AvgIpc) is 3.54. The first-order valence-corrected chi connectivity index (χ1v) is 11.7. The van der Waals surface area contributed by atoms with Gasteiger partial charge < -0.3 is 24.8 Å². The smallest absolute Gasteiger partial charge is 0.162 e. The Kier molecular flexibility index (Phi) is 4.81. The average molecular weight is 453 g/mol. The van der Waals surface area contributed by atoms with E-state index in [1.807, 2.05) is 19.2 Å². The number of hydrogen-bond donors (Lipinski definition) is 3. The molecule has 1 aliphatic rings. The van der Waals surface area contributed by atoms with Gasteiger partial charge in [-0.3, -0.25) is 4.79 Å². The number of nitrogens with one attached hydrogen (secondary N) is 3. The lowest BCUT2D eigenvalue weighted by atomic mass is 9.97. The first-order valence-electron chi connectivity index (χ1n) is 11.7. The van der Waals surface area contributed by atoms with E-state index in [2.05, 4.69) is 68.2 Å². The van der Waals surface area contributed by atoms with Crippen molar-refractivity contribution in [3.05, 3.63) is 59.9 Å². The minimum atomic E-state index is 0.0395. The molecule has 0 unspecified atom stereocenters. The number of nitrogens with zero attached hydrogens (tertiary/aromatic N) is 3. The molecule has 3 N–H and O–H groups in total. The highest BCUT2D eigenvalue weighted by Gasteiger charge is 2.23. The van der Waals surface area contributed by atoms with Crippen LogP contribution in [-0.2, 0) is 0 Å². The maximum absolute atomic E-state index is 12.7. The number of aromatic amines is 3. The zero-order valence-corrected chi connectivity index (χ0v) is 19.7. The number of ketones is 1. The third kappa shape index (κ3) is 3.40. The van der Waals surface area contributed by atoms with Crippen LogP contribution in [0.25, 0.3) is 44.6 Å². The molecule has 4 heterocycles. The van der Waals surface area contributed by atoms with Crippen LogP contribution in [0.5, 0.6) is 0 Å². The first kappa shape index (κ1) is 20.7. The van der Waals surface area contributed by atoms with Gasteiger partial charge in [0.2, 0.25) is 0 Å². The molecule has 0 amide bonds. The highest BCUT2D eigenvalue weighted by atomic mass is 16.1. The number of fused-ring (bicyclic) bond motifs is 2. The van der Waals surface area contributed by atoms with Gasteiger partial charge in [-0.05, 0) is 68.2 Å². The molecule has 0 bridgehead atoms. The summed E-state index contributed by atoms with van der Waals surface area (Å²) in [5.41, 5.74) is 8.49. The van der Waals surface area contributed by atoms with Crippen molar-refractivity contribution in [2.45, 2.75) is 13.8 Å². The van der Waals surface area contributed by atoms with Gasteiger partial charge in [-0.25, -0.2) is 4.98 Å².